The van der Waals surface area contributed by atoms with Gasteiger partial charge < -0.3 is 18.7 Å². The highest BCUT2D eigenvalue weighted by molar-refractivity contribution is 6.70. The molecule has 0 bridgehead atoms. The van der Waals surface area contributed by atoms with E-state index in [9.17, 15) is 5.11 Å². The lowest BCUT2D eigenvalue weighted by atomic mass is 10.1. The summed E-state index contributed by atoms with van der Waals surface area (Å²) in [5.41, 5.74) is 0. The first-order valence-corrected chi connectivity index (χ1v) is 15.8. The van der Waals surface area contributed by atoms with E-state index in [1.54, 1.807) is 7.11 Å². The molecule has 4 nitrogen and oxygen atoms in total. The molecule has 0 aliphatic carbocycles. The molecular formula is C13H34O4Si3. The van der Waals surface area contributed by atoms with E-state index in [1.807, 2.05) is 0 Å². The van der Waals surface area contributed by atoms with Crippen LogP contribution >= 0.6 is 0 Å². The zero-order chi connectivity index (χ0) is 16.0. The molecule has 2 atom stereocenters. The number of rotatable bonds is 10. The zero-order valence-corrected chi connectivity index (χ0v) is 18.6. The minimum Gasteiger partial charge on any atom is -0.409 e. The van der Waals surface area contributed by atoms with Gasteiger partial charge in [0.25, 0.3) is 0 Å². The van der Waals surface area contributed by atoms with Gasteiger partial charge in [-0.2, -0.15) is 0 Å². The van der Waals surface area contributed by atoms with Gasteiger partial charge in [-0.3, -0.25) is 0 Å². The molecule has 7 heteroatoms. The van der Waals surface area contributed by atoms with E-state index >= 15 is 0 Å². The second-order valence-electron chi connectivity index (χ2n) is 7.25. The van der Waals surface area contributed by atoms with Crippen LogP contribution in [0.3, 0.4) is 0 Å². The SMILES string of the molecule is COC(CO)(O[Si](C)(C)C)C(CCC[SiH3])O[Si](C)(C)C. The molecule has 0 saturated heterocycles. The van der Waals surface area contributed by atoms with Crippen LogP contribution in [-0.2, 0) is 13.6 Å². The molecule has 0 aliphatic heterocycles. The standard InChI is InChI=1S/C13H34O4Si3/c1-15-13(11-14,17-20(5,6)7)12(9-8-10-18)16-19(2,3)4/h12,14H,8-11H2,1-7,18H3. The number of hydrogen-bond acceptors (Lipinski definition) is 4. The molecule has 0 rings (SSSR count). The molecule has 0 aliphatic rings. The van der Waals surface area contributed by atoms with Crippen molar-refractivity contribution in [2.75, 3.05) is 13.7 Å². The highest BCUT2D eigenvalue weighted by Crippen LogP contribution is 2.30. The topological polar surface area (TPSA) is 47.9 Å². The van der Waals surface area contributed by atoms with Gasteiger partial charge in [0.1, 0.15) is 6.10 Å². The van der Waals surface area contributed by atoms with Gasteiger partial charge in [0.2, 0.25) is 5.79 Å². The Bertz CT molecular complexity index is 270. The number of hydrogen-bond donors (Lipinski definition) is 1. The third kappa shape index (κ3) is 7.49. The number of aliphatic hydroxyl groups is 1. The van der Waals surface area contributed by atoms with Crippen molar-refractivity contribution in [2.45, 2.75) is 70.1 Å². The van der Waals surface area contributed by atoms with E-state index in [1.165, 1.54) is 16.3 Å². The molecule has 0 spiro atoms. The molecule has 20 heavy (non-hydrogen) atoms. The summed E-state index contributed by atoms with van der Waals surface area (Å²) in [5, 5.41) is 9.92. The Hall–Kier alpha value is 0.491. The zero-order valence-electron chi connectivity index (χ0n) is 14.6. The maximum absolute atomic E-state index is 9.92. The van der Waals surface area contributed by atoms with Gasteiger partial charge in [0.05, 0.1) is 6.61 Å². The van der Waals surface area contributed by atoms with E-state index in [2.05, 4.69) is 39.3 Å². The van der Waals surface area contributed by atoms with E-state index in [0.29, 0.717) is 0 Å². The number of ether oxygens (including phenoxy) is 1. The Kier molecular flexibility index (Phi) is 8.41. The first-order chi connectivity index (χ1) is 8.99. The van der Waals surface area contributed by atoms with Crippen molar-refractivity contribution in [3.63, 3.8) is 0 Å². The van der Waals surface area contributed by atoms with Crippen LogP contribution in [0, 0.1) is 0 Å². The molecule has 2 unspecified atom stereocenters. The number of aliphatic hydroxyl groups excluding tert-OH is 1. The molecule has 122 valence electrons. The Morgan fingerprint density at radius 3 is 1.95 bits per heavy atom. The largest absolute Gasteiger partial charge is 0.409 e. The fraction of sp³-hybridized carbons (Fsp3) is 1.00. The normalized spacial score (nSPS) is 18.0. The van der Waals surface area contributed by atoms with Crippen molar-refractivity contribution in [3.8, 4) is 0 Å². The Balaban J connectivity index is 5.27. The van der Waals surface area contributed by atoms with Gasteiger partial charge in [0.15, 0.2) is 16.6 Å². The lowest BCUT2D eigenvalue weighted by molar-refractivity contribution is -0.244. The molecule has 0 amide bonds. The van der Waals surface area contributed by atoms with Crippen LogP contribution in [0.2, 0.25) is 45.3 Å². The fourth-order valence-corrected chi connectivity index (χ4v) is 5.02. The van der Waals surface area contributed by atoms with Crippen molar-refractivity contribution in [1.82, 2.24) is 0 Å². The minimum atomic E-state index is -1.85. The van der Waals surface area contributed by atoms with E-state index in [0.717, 1.165) is 12.8 Å². The summed E-state index contributed by atoms with van der Waals surface area (Å²) < 4.78 is 18.1. The maximum atomic E-state index is 9.92. The predicted molar refractivity (Wildman–Crippen MR) is 93.5 cm³/mol. The molecule has 0 aromatic carbocycles. The second-order valence-corrected chi connectivity index (χ2v) is 17.1. The van der Waals surface area contributed by atoms with E-state index in [4.69, 9.17) is 13.6 Å². The van der Waals surface area contributed by atoms with Crippen molar-refractivity contribution in [2.24, 2.45) is 0 Å². The predicted octanol–water partition coefficient (Wildman–Crippen LogP) is 1.96. The highest BCUT2D eigenvalue weighted by atomic mass is 28.4. The van der Waals surface area contributed by atoms with Gasteiger partial charge in [-0.25, -0.2) is 0 Å². The Labute approximate surface area is 129 Å². The quantitative estimate of drug-likeness (QED) is 0.489. The minimum absolute atomic E-state index is 0.163. The Morgan fingerprint density at radius 2 is 1.65 bits per heavy atom. The average molecular weight is 339 g/mol. The molecule has 0 heterocycles. The van der Waals surface area contributed by atoms with Gasteiger partial charge in [0, 0.05) is 17.4 Å². The highest BCUT2D eigenvalue weighted by Gasteiger charge is 2.45. The van der Waals surface area contributed by atoms with Crippen LogP contribution in [0.4, 0.5) is 0 Å². The summed E-state index contributed by atoms with van der Waals surface area (Å²) in [7, 11) is -0.787. The van der Waals surface area contributed by atoms with Crippen molar-refractivity contribution >= 4 is 26.9 Å². The van der Waals surface area contributed by atoms with Crippen LogP contribution in [0.1, 0.15) is 12.8 Å². The fourth-order valence-electron chi connectivity index (χ4n) is 2.14. The third-order valence-corrected chi connectivity index (χ3v) is 5.51. The molecule has 0 aromatic rings. The summed E-state index contributed by atoms with van der Waals surface area (Å²) in [6.45, 7) is 12.6. The van der Waals surface area contributed by atoms with Crippen LogP contribution in [-0.4, -0.2) is 57.6 Å². The van der Waals surface area contributed by atoms with Gasteiger partial charge >= 0.3 is 0 Å². The molecule has 0 saturated carbocycles. The first kappa shape index (κ1) is 20.5. The van der Waals surface area contributed by atoms with E-state index < -0.39 is 22.4 Å². The van der Waals surface area contributed by atoms with Crippen LogP contribution < -0.4 is 0 Å². The molecule has 1 N–H and O–H groups in total. The molecule has 0 radical (unpaired) electrons. The Morgan fingerprint density at radius 1 is 1.10 bits per heavy atom. The van der Waals surface area contributed by atoms with Gasteiger partial charge in [-0.1, -0.05) is 12.5 Å². The average Bonchev–Trinajstić information content (AvgIpc) is 2.29. The second kappa shape index (κ2) is 8.21. The van der Waals surface area contributed by atoms with Crippen LogP contribution in [0.25, 0.3) is 0 Å². The van der Waals surface area contributed by atoms with Crippen molar-refractivity contribution in [3.05, 3.63) is 0 Å². The summed E-state index contributed by atoms with van der Waals surface area (Å²) in [5.74, 6) is -1.01. The molecule has 0 aromatic heterocycles. The maximum Gasteiger partial charge on any atom is 0.207 e. The third-order valence-electron chi connectivity index (χ3n) is 2.85. The monoisotopic (exact) mass is 338 g/mol. The van der Waals surface area contributed by atoms with Crippen molar-refractivity contribution < 1.29 is 18.7 Å². The molecular weight excluding hydrogens is 304 g/mol. The van der Waals surface area contributed by atoms with Crippen LogP contribution in [0.5, 0.6) is 0 Å². The van der Waals surface area contributed by atoms with Gasteiger partial charge in [-0.15, -0.1) is 0 Å². The lowest BCUT2D eigenvalue weighted by Gasteiger charge is -2.44. The van der Waals surface area contributed by atoms with E-state index in [-0.39, 0.29) is 12.7 Å². The molecule has 0 fully saturated rings. The smallest absolute Gasteiger partial charge is 0.207 e. The van der Waals surface area contributed by atoms with Crippen molar-refractivity contribution in [1.29, 1.82) is 0 Å². The lowest BCUT2D eigenvalue weighted by Crippen LogP contribution is -2.58. The summed E-state index contributed by atoms with van der Waals surface area (Å²) >= 11 is 0. The van der Waals surface area contributed by atoms with Gasteiger partial charge in [-0.05, 0) is 45.7 Å². The summed E-state index contributed by atoms with van der Waals surface area (Å²) in [4.78, 5) is 0. The summed E-state index contributed by atoms with van der Waals surface area (Å²) in [6, 6.07) is 1.23. The number of methoxy groups -OCH3 is 1. The first-order valence-electron chi connectivity index (χ1n) is 7.53. The summed E-state index contributed by atoms with van der Waals surface area (Å²) in [6.07, 6.45) is 1.79. The van der Waals surface area contributed by atoms with Crippen LogP contribution in [0.15, 0.2) is 0 Å².